The molecular weight excluding hydrogens is 196 g/mol. The molecule has 0 aliphatic rings. The minimum absolute atomic E-state index is 0.597. The predicted molar refractivity (Wildman–Crippen MR) is 42.9 cm³/mol. The van der Waals surface area contributed by atoms with E-state index in [1.165, 1.54) is 0 Å². The second-order valence-corrected chi connectivity index (χ2v) is 2.51. The fraction of sp³-hybridized carbons (Fsp3) is 0.167. The van der Waals surface area contributed by atoms with E-state index < -0.39 is 0 Å². The smallest absolute Gasteiger partial charge is 0.153 e. The number of nitrogen functional groups attached to an aromatic ring is 1. The van der Waals surface area contributed by atoms with E-state index in [4.69, 9.17) is 10.5 Å². The maximum atomic E-state index is 5.44. The molecule has 0 aliphatic carbocycles. The number of anilines is 1. The van der Waals surface area contributed by atoms with Crippen LogP contribution < -0.4 is 10.5 Å². The van der Waals surface area contributed by atoms with Gasteiger partial charge in [0, 0.05) is 6.07 Å². The van der Waals surface area contributed by atoms with Crippen LogP contribution in [0.15, 0.2) is 16.9 Å². The highest BCUT2D eigenvalue weighted by Crippen LogP contribution is 2.23. The van der Waals surface area contributed by atoms with Crippen LogP contribution >= 0.6 is 15.9 Å². The van der Waals surface area contributed by atoms with Crippen molar-refractivity contribution in [2.75, 3.05) is 12.8 Å². The van der Waals surface area contributed by atoms with Gasteiger partial charge in [-0.15, -0.1) is 0 Å². The van der Waals surface area contributed by atoms with Crippen LogP contribution in [0.5, 0.6) is 5.75 Å². The van der Waals surface area contributed by atoms with Crippen molar-refractivity contribution in [3.63, 3.8) is 0 Å². The van der Waals surface area contributed by atoms with Gasteiger partial charge in [-0.3, -0.25) is 0 Å². The largest absolute Gasteiger partial charge is 0.494 e. The molecule has 2 N–H and O–H groups in total. The van der Waals surface area contributed by atoms with Gasteiger partial charge >= 0.3 is 0 Å². The van der Waals surface area contributed by atoms with Crippen LogP contribution in [0.1, 0.15) is 0 Å². The van der Waals surface area contributed by atoms with Crippen LogP contribution in [0.2, 0.25) is 0 Å². The lowest BCUT2D eigenvalue weighted by Crippen LogP contribution is -1.90. The monoisotopic (exact) mass is 202 g/mol. The summed E-state index contributed by atoms with van der Waals surface area (Å²) in [5.41, 5.74) is 6.04. The molecule has 0 atom stereocenters. The van der Waals surface area contributed by atoms with Gasteiger partial charge in [0.1, 0.15) is 4.60 Å². The maximum absolute atomic E-state index is 5.44. The van der Waals surface area contributed by atoms with Gasteiger partial charge in [0.15, 0.2) is 5.75 Å². The summed E-state index contributed by atoms with van der Waals surface area (Å²) in [7, 11) is 1.57. The highest BCUT2D eigenvalue weighted by atomic mass is 79.9. The maximum Gasteiger partial charge on any atom is 0.153 e. The van der Waals surface area contributed by atoms with E-state index >= 15 is 0 Å². The Kier molecular flexibility index (Phi) is 2.11. The number of ether oxygens (including phenoxy) is 1. The van der Waals surface area contributed by atoms with Gasteiger partial charge in [-0.25, -0.2) is 4.98 Å². The van der Waals surface area contributed by atoms with E-state index in [-0.39, 0.29) is 0 Å². The van der Waals surface area contributed by atoms with E-state index in [0.717, 1.165) is 0 Å². The van der Waals surface area contributed by atoms with Gasteiger partial charge in [-0.05, 0) is 15.9 Å². The molecule has 4 heteroatoms. The Balaban J connectivity index is 3.09. The Morgan fingerprint density at radius 2 is 2.40 bits per heavy atom. The van der Waals surface area contributed by atoms with Gasteiger partial charge in [0.05, 0.1) is 19.0 Å². The second-order valence-electron chi connectivity index (χ2n) is 1.76. The number of hydrogen-bond acceptors (Lipinski definition) is 3. The molecule has 0 saturated carbocycles. The molecule has 10 heavy (non-hydrogen) atoms. The molecule has 1 rings (SSSR count). The quantitative estimate of drug-likeness (QED) is 0.702. The van der Waals surface area contributed by atoms with Crippen molar-refractivity contribution in [2.24, 2.45) is 0 Å². The standard InChI is InChI=1S/C6H7BrN2O/c1-10-5-2-4(8)3-9-6(5)7/h2-3H,8H2,1H3. The van der Waals surface area contributed by atoms with E-state index in [1.54, 1.807) is 19.4 Å². The summed E-state index contributed by atoms with van der Waals surface area (Å²) in [4.78, 5) is 3.92. The Bertz CT molecular complexity index is 239. The summed E-state index contributed by atoms with van der Waals surface area (Å²) in [5.74, 6) is 0.653. The van der Waals surface area contributed by atoms with Crippen LogP contribution in [0, 0.1) is 0 Å². The van der Waals surface area contributed by atoms with Crippen LogP contribution in [-0.4, -0.2) is 12.1 Å². The normalized spacial score (nSPS) is 9.40. The minimum atomic E-state index is 0.597. The summed E-state index contributed by atoms with van der Waals surface area (Å²) >= 11 is 3.20. The lowest BCUT2D eigenvalue weighted by Gasteiger charge is -2.01. The van der Waals surface area contributed by atoms with Crippen LogP contribution in [0.4, 0.5) is 5.69 Å². The fourth-order valence-electron chi connectivity index (χ4n) is 0.586. The third kappa shape index (κ3) is 1.39. The minimum Gasteiger partial charge on any atom is -0.494 e. The van der Waals surface area contributed by atoms with Crippen molar-refractivity contribution in [2.45, 2.75) is 0 Å². The summed E-state index contributed by atoms with van der Waals surface area (Å²) in [6, 6.07) is 1.71. The van der Waals surface area contributed by atoms with E-state index in [1.807, 2.05) is 0 Å². The number of hydrogen-bond donors (Lipinski definition) is 1. The average Bonchev–Trinajstić information content (AvgIpc) is 1.94. The predicted octanol–water partition coefficient (Wildman–Crippen LogP) is 1.43. The zero-order chi connectivity index (χ0) is 7.56. The zero-order valence-electron chi connectivity index (χ0n) is 5.47. The Labute approximate surface area is 67.3 Å². The third-order valence-electron chi connectivity index (χ3n) is 1.05. The number of rotatable bonds is 1. The first-order chi connectivity index (χ1) is 4.74. The Hall–Kier alpha value is -0.770. The first kappa shape index (κ1) is 7.34. The molecule has 0 bridgehead atoms. The van der Waals surface area contributed by atoms with Crippen LogP contribution in [-0.2, 0) is 0 Å². The fourth-order valence-corrected chi connectivity index (χ4v) is 0.965. The molecule has 1 aromatic heterocycles. The van der Waals surface area contributed by atoms with Gasteiger partial charge in [0.2, 0.25) is 0 Å². The molecular formula is C6H7BrN2O. The highest BCUT2D eigenvalue weighted by Gasteiger charge is 1.98. The molecule has 3 nitrogen and oxygen atoms in total. The van der Waals surface area contributed by atoms with Crippen molar-refractivity contribution in [3.8, 4) is 5.75 Å². The van der Waals surface area contributed by atoms with Gasteiger partial charge in [-0.1, -0.05) is 0 Å². The number of methoxy groups -OCH3 is 1. The van der Waals surface area contributed by atoms with Gasteiger partial charge in [0.25, 0.3) is 0 Å². The Morgan fingerprint density at radius 1 is 1.70 bits per heavy atom. The van der Waals surface area contributed by atoms with Crippen molar-refractivity contribution in [3.05, 3.63) is 16.9 Å². The number of nitrogens with zero attached hydrogens (tertiary/aromatic N) is 1. The summed E-state index contributed by atoms with van der Waals surface area (Å²) in [5, 5.41) is 0. The second kappa shape index (κ2) is 2.88. The molecule has 54 valence electrons. The SMILES string of the molecule is COc1cc(N)cnc1Br. The van der Waals surface area contributed by atoms with Gasteiger partial charge < -0.3 is 10.5 Å². The molecule has 0 aromatic carbocycles. The third-order valence-corrected chi connectivity index (χ3v) is 1.64. The molecule has 0 unspecified atom stereocenters. The average molecular weight is 203 g/mol. The number of pyridine rings is 1. The molecule has 0 fully saturated rings. The van der Waals surface area contributed by atoms with E-state index in [9.17, 15) is 0 Å². The molecule has 0 amide bonds. The zero-order valence-corrected chi connectivity index (χ0v) is 7.05. The molecule has 0 saturated heterocycles. The summed E-state index contributed by atoms with van der Waals surface area (Å²) < 4.78 is 5.61. The van der Waals surface area contributed by atoms with Crippen molar-refractivity contribution in [1.29, 1.82) is 0 Å². The number of aromatic nitrogens is 1. The topological polar surface area (TPSA) is 48.1 Å². The first-order valence-electron chi connectivity index (χ1n) is 2.69. The summed E-state index contributed by atoms with van der Waals surface area (Å²) in [6.07, 6.45) is 1.56. The van der Waals surface area contributed by atoms with Crippen molar-refractivity contribution >= 4 is 21.6 Å². The van der Waals surface area contributed by atoms with Crippen molar-refractivity contribution in [1.82, 2.24) is 4.98 Å². The molecule has 1 heterocycles. The number of nitrogens with two attached hydrogens (primary N) is 1. The van der Waals surface area contributed by atoms with Crippen LogP contribution in [0.25, 0.3) is 0 Å². The number of halogens is 1. The molecule has 1 aromatic rings. The molecule has 0 radical (unpaired) electrons. The molecule has 0 spiro atoms. The molecule has 0 aliphatic heterocycles. The lowest BCUT2D eigenvalue weighted by atomic mass is 10.4. The van der Waals surface area contributed by atoms with Crippen LogP contribution in [0.3, 0.4) is 0 Å². The lowest BCUT2D eigenvalue weighted by molar-refractivity contribution is 0.410. The van der Waals surface area contributed by atoms with E-state index in [2.05, 4.69) is 20.9 Å². The van der Waals surface area contributed by atoms with Crippen molar-refractivity contribution < 1.29 is 4.74 Å². The highest BCUT2D eigenvalue weighted by molar-refractivity contribution is 9.10. The van der Waals surface area contributed by atoms with E-state index in [0.29, 0.717) is 16.0 Å². The first-order valence-corrected chi connectivity index (χ1v) is 3.48. The van der Waals surface area contributed by atoms with Gasteiger partial charge in [-0.2, -0.15) is 0 Å². The summed E-state index contributed by atoms with van der Waals surface area (Å²) in [6.45, 7) is 0. The Morgan fingerprint density at radius 3 is 2.90 bits per heavy atom.